The number of amides is 1. The minimum atomic E-state index is -0.457. The van der Waals surface area contributed by atoms with E-state index >= 15 is 0 Å². The van der Waals surface area contributed by atoms with Gasteiger partial charge in [0.05, 0.1) is 37.8 Å². The number of carbonyl (C=O) groups is 2. The van der Waals surface area contributed by atoms with Crippen LogP contribution in [0.5, 0.6) is 17.2 Å². The van der Waals surface area contributed by atoms with Gasteiger partial charge in [-0.05, 0) is 25.1 Å². The van der Waals surface area contributed by atoms with Crippen LogP contribution in [0.2, 0.25) is 0 Å². The van der Waals surface area contributed by atoms with Gasteiger partial charge >= 0.3 is 0 Å². The van der Waals surface area contributed by atoms with Crippen molar-refractivity contribution in [3.63, 3.8) is 0 Å². The van der Waals surface area contributed by atoms with Crippen LogP contribution in [-0.2, 0) is 11.3 Å². The molecule has 8 heteroatoms. The maximum absolute atomic E-state index is 13.4. The zero-order valence-corrected chi connectivity index (χ0v) is 20.5. The molecule has 0 unspecified atom stereocenters. The van der Waals surface area contributed by atoms with Gasteiger partial charge in [-0.25, -0.2) is 0 Å². The van der Waals surface area contributed by atoms with E-state index in [0.717, 1.165) is 5.56 Å². The number of rotatable bonds is 8. The van der Waals surface area contributed by atoms with E-state index in [0.29, 0.717) is 34.0 Å². The molecule has 1 amide bonds. The SMILES string of the molecule is COc1cccc(NC(=O)Cn2cc(C(=O)c3ccc(C)cc3)c(=O)c3cc(OC)c(OC)cc32)c1. The Hall–Kier alpha value is -4.59. The monoisotopic (exact) mass is 486 g/mol. The number of methoxy groups -OCH3 is 3. The Balaban J connectivity index is 1.82. The Kier molecular flexibility index (Phi) is 7.05. The van der Waals surface area contributed by atoms with E-state index in [1.165, 1.54) is 26.5 Å². The van der Waals surface area contributed by atoms with Crippen LogP contribution >= 0.6 is 0 Å². The van der Waals surface area contributed by atoms with Gasteiger partial charge < -0.3 is 24.1 Å². The Morgan fingerprint density at radius 1 is 0.889 bits per heavy atom. The minimum absolute atomic E-state index is 0.0484. The van der Waals surface area contributed by atoms with Gasteiger partial charge in [-0.2, -0.15) is 0 Å². The van der Waals surface area contributed by atoms with E-state index in [1.807, 2.05) is 19.1 Å². The summed E-state index contributed by atoms with van der Waals surface area (Å²) in [5, 5.41) is 3.06. The van der Waals surface area contributed by atoms with Gasteiger partial charge in [0, 0.05) is 29.6 Å². The summed E-state index contributed by atoms with van der Waals surface area (Å²) < 4.78 is 17.5. The fourth-order valence-electron chi connectivity index (χ4n) is 3.93. The van der Waals surface area contributed by atoms with Crippen LogP contribution in [0.1, 0.15) is 21.5 Å². The van der Waals surface area contributed by atoms with Crippen molar-refractivity contribution in [2.75, 3.05) is 26.6 Å². The molecule has 1 aromatic heterocycles. The van der Waals surface area contributed by atoms with Gasteiger partial charge in [0.2, 0.25) is 11.3 Å². The molecule has 4 aromatic rings. The number of hydrogen-bond donors (Lipinski definition) is 1. The average molecular weight is 487 g/mol. The molecule has 0 aliphatic heterocycles. The summed E-state index contributed by atoms with van der Waals surface area (Å²) in [6.07, 6.45) is 1.42. The number of benzene rings is 3. The lowest BCUT2D eigenvalue weighted by Gasteiger charge is -2.16. The number of nitrogens with zero attached hydrogens (tertiary/aromatic N) is 1. The summed E-state index contributed by atoms with van der Waals surface area (Å²) in [5.41, 5.74) is 1.85. The van der Waals surface area contributed by atoms with Crippen molar-refractivity contribution in [1.82, 2.24) is 4.57 Å². The summed E-state index contributed by atoms with van der Waals surface area (Å²) in [5.74, 6) is 0.554. The third-order valence-corrected chi connectivity index (χ3v) is 5.81. The molecule has 0 spiro atoms. The number of carbonyl (C=O) groups excluding carboxylic acids is 2. The second-order valence-electron chi connectivity index (χ2n) is 8.20. The highest BCUT2D eigenvalue weighted by molar-refractivity contribution is 6.10. The van der Waals surface area contributed by atoms with E-state index in [-0.39, 0.29) is 23.4 Å². The molecule has 8 nitrogen and oxygen atoms in total. The van der Waals surface area contributed by atoms with Gasteiger partial charge in [0.15, 0.2) is 17.3 Å². The topological polar surface area (TPSA) is 95.9 Å². The Morgan fingerprint density at radius 3 is 2.25 bits per heavy atom. The molecule has 184 valence electrons. The molecule has 0 bridgehead atoms. The van der Waals surface area contributed by atoms with E-state index in [4.69, 9.17) is 14.2 Å². The molecule has 0 aliphatic rings. The predicted molar refractivity (Wildman–Crippen MR) is 138 cm³/mol. The van der Waals surface area contributed by atoms with Gasteiger partial charge in [-0.15, -0.1) is 0 Å². The summed E-state index contributed by atoms with van der Waals surface area (Å²) in [6, 6.07) is 17.1. The number of ketones is 1. The largest absolute Gasteiger partial charge is 0.497 e. The van der Waals surface area contributed by atoms with Crippen molar-refractivity contribution in [1.29, 1.82) is 0 Å². The van der Waals surface area contributed by atoms with E-state index in [2.05, 4.69) is 5.32 Å². The van der Waals surface area contributed by atoms with Gasteiger partial charge in [0.25, 0.3) is 0 Å². The van der Waals surface area contributed by atoms with Crippen LogP contribution in [0.15, 0.2) is 71.7 Å². The van der Waals surface area contributed by atoms with Crippen LogP contribution in [0, 0.1) is 6.92 Å². The first-order valence-electron chi connectivity index (χ1n) is 11.2. The average Bonchev–Trinajstić information content (AvgIpc) is 2.89. The Bertz CT molecular complexity index is 1510. The van der Waals surface area contributed by atoms with E-state index in [1.54, 1.807) is 54.1 Å². The number of aryl methyl sites for hydroxylation is 1. The number of anilines is 1. The lowest BCUT2D eigenvalue weighted by molar-refractivity contribution is -0.116. The number of hydrogen-bond acceptors (Lipinski definition) is 6. The first kappa shape index (κ1) is 24.5. The normalized spacial score (nSPS) is 10.7. The van der Waals surface area contributed by atoms with Gasteiger partial charge in [0.1, 0.15) is 12.3 Å². The first-order chi connectivity index (χ1) is 17.3. The third kappa shape index (κ3) is 4.93. The first-order valence-corrected chi connectivity index (χ1v) is 11.2. The number of fused-ring (bicyclic) bond motifs is 1. The molecule has 3 aromatic carbocycles. The fraction of sp³-hybridized carbons (Fsp3) is 0.179. The second kappa shape index (κ2) is 10.4. The van der Waals surface area contributed by atoms with Crippen molar-refractivity contribution >= 4 is 28.3 Å². The highest BCUT2D eigenvalue weighted by Gasteiger charge is 2.20. The van der Waals surface area contributed by atoms with Crippen molar-refractivity contribution in [3.8, 4) is 17.2 Å². The molecule has 0 radical (unpaired) electrons. The molecular weight excluding hydrogens is 460 g/mol. The molecule has 0 fully saturated rings. The van der Waals surface area contributed by atoms with Crippen LogP contribution in [0.3, 0.4) is 0 Å². The lowest BCUT2D eigenvalue weighted by Crippen LogP contribution is -2.24. The fourth-order valence-corrected chi connectivity index (χ4v) is 3.93. The highest BCUT2D eigenvalue weighted by atomic mass is 16.5. The van der Waals surface area contributed by atoms with Crippen LogP contribution < -0.4 is 25.0 Å². The standard InChI is InChI=1S/C28H26N2O6/c1-17-8-10-18(11-9-17)27(32)22-15-30(16-26(31)29-19-6-5-7-20(12-19)34-2)23-14-25(36-4)24(35-3)13-21(23)28(22)33/h5-15H,16H2,1-4H3,(H,29,31). The molecule has 4 rings (SSSR count). The van der Waals surface area contributed by atoms with Crippen molar-refractivity contribution < 1.29 is 23.8 Å². The number of pyridine rings is 1. The third-order valence-electron chi connectivity index (χ3n) is 5.81. The smallest absolute Gasteiger partial charge is 0.244 e. The molecule has 0 saturated heterocycles. The van der Waals surface area contributed by atoms with Gasteiger partial charge in [-0.1, -0.05) is 35.9 Å². The second-order valence-corrected chi connectivity index (χ2v) is 8.20. The molecule has 1 heterocycles. The van der Waals surface area contributed by atoms with Crippen molar-refractivity contribution in [2.45, 2.75) is 13.5 Å². The quantitative estimate of drug-likeness (QED) is 0.375. The van der Waals surface area contributed by atoms with Crippen LogP contribution in [0.25, 0.3) is 10.9 Å². The van der Waals surface area contributed by atoms with Crippen molar-refractivity contribution in [3.05, 3.63) is 93.8 Å². The highest BCUT2D eigenvalue weighted by Crippen LogP contribution is 2.31. The summed E-state index contributed by atoms with van der Waals surface area (Å²) in [7, 11) is 4.49. The van der Waals surface area contributed by atoms with E-state index in [9.17, 15) is 14.4 Å². The maximum atomic E-state index is 13.4. The lowest BCUT2D eigenvalue weighted by atomic mass is 10.0. The van der Waals surface area contributed by atoms with Gasteiger partial charge in [-0.3, -0.25) is 14.4 Å². The molecule has 0 saturated carbocycles. The molecule has 36 heavy (non-hydrogen) atoms. The molecule has 0 aliphatic carbocycles. The summed E-state index contributed by atoms with van der Waals surface area (Å²) in [6.45, 7) is 1.76. The summed E-state index contributed by atoms with van der Waals surface area (Å²) >= 11 is 0. The number of nitrogens with one attached hydrogen (secondary N) is 1. The minimum Gasteiger partial charge on any atom is -0.497 e. The maximum Gasteiger partial charge on any atom is 0.244 e. The summed E-state index contributed by atoms with van der Waals surface area (Å²) in [4.78, 5) is 39.7. The Morgan fingerprint density at radius 2 is 1.58 bits per heavy atom. The molecule has 0 atom stereocenters. The van der Waals surface area contributed by atoms with Crippen LogP contribution in [-0.4, -0.2) is 37.6 Å². The zero-order valence-electron chi connectivity index (χ0n) is 20.5. The number of aromatic nitrogens is 1. The zero-order chi connectivity index (χ0) is 25.8. The van der Waals surface area contributed by atoms with E-state index < -0.39 is 11.2 Å². The predicted octanol–water partition coefficient (Wildman–Crippen LogP) is 4.21. The van der Waals surface area contributed by atoms with Crippen LogP contribution in [0.4, 0.5) is 5.69 Å². The van der Waals surface area contributed by atoms with Crippen molar-refractivity contribution in [2.24, 2.45) is 0 Å². The Labute approximate surface area is 208 Å². The molecular formula is C28H26N2O6. The molecule has 1 N–H and O–H groups in total. The number of ether oxygens (including phenoxy) is 3.